The van der Waals surface area contributed by atoms with E-state index in [1.54, 1.807) is 18.2 Å². The molecule has 2 N–H and O–H groups in total. The number of methoxy groups -OCH3 is 1. The van der Waals surface area contributed by atoms with Crippen LogP contribution in [-0.4, -0.2) is 18.1 Å². The van der Waals surface area contributed by atoms with Crippen molar-refractivity contribution in [2.24, 2.45) is 0 Å². The summed E-state index contributed by atoms with van der Waals surface area (Å²) < 4.78 is 5.16. The summed E-state index contributed by atoms with van der Waals surface area (Å²) in [5, 5.41) is 12.4. The number of aliphatic hydroxyl groups excluding tert-OH is 1. The van der Waals surface area contributed by atoms with Gasteiger partial charge in [0.1, 0.15) is 5.75 Å². The lowest BCUT2D eigenvalue weighted by Crippen LogP contribution is -2.23. The van der Waals surface area contributed by atoms with E-state index in [1.807, 2.05) is 24.3 Å². The molecule has 110 valence electrons. The Kier molecular flexibility index (Phi) is 5.20. The molecule has 0 unspecified atom stereocenters. The zero-order valence-electron chi connectivity index (χ0n) is 11.6. The van der Waals surface area contributed by atoms with E-state index in [2.05, 4.69) is 5.32 Å². The first-order valence-corrected chi connectivity index (χ1v) is 6.82. The number of nitrogens with one attached hydrogen (secondary N) is 1. The normalized spacial score (nSPS) is 10.2. The molecule has 0 aliphatic carbocycles. The zero-order valence-corrected chi connectivity index (χ0v) is 12.4. The van der Waals surface area contributed by atoms with Crippen LogP contribution in [0.4, 0.5) is 0 Å². The first-order valence-electron chi connectivity index (χ1n) is 6.44. The SMILES string of the molecule is COc1ccc(Cl)cc1C(=O)NCc1cccc(CO)c1. The molecular formula is C16H16ClNO3. The van der Waals surface area contributed by atoms with Crippen molar-refractivity contribution in [2.75, 3.05) is 7.11 Å². The Bertz CT molecular complexity index is 643. The summed E-state index contributed by atoms with van der Waals surface area (Å²) in [5.74, 6) is 0.213. The molecule has 2 rings (SSSR count). The van der Waals surface area contributed by atoms with Gasteiger partial charge in [0.25, 0.3) is 5.91 Å². The van der Waals surface area contributed by atoms with Crippen LogP contribution < -0.4 is 10.1 Å². The van der Waals surface area contributed by atoms with E-state index in [-0.39, 0.29) is 12.5 Å². The summed E-state index contributed by atoms with van der Waals surface area (Å²) in [4.78, 5) is 12.2. The highest BCUT2D eigenvalue weighted by Gasteiger charge is 2.12. The average Bonchev–Trinajstić information content (AvgIpc) is 2.52. The number of hydrogen-bond acceptors (Lipinski definition) is 3. The predicted molar refractivity (Wildman–Crippen MR) is 81.5 cm³/mol. The lowest BCUT2D eigenvalue weighted by Gasteiger charge is -2.10. The smallest absolute Gasteiger partial charge is 0.255 e. The number of carbonyl (C=O) groups excluding carboxylic acids is 1. The third-order valence-corrected chi connectivity index (χ3v) is 3.27. The minimum absolute atomic E-state index is 0.0239. The number of amides is 1. The Hall–Kier alpha value is -2.04. The van der Waals surface area contributed by atoms with Gasteiger partial charge in [-0.05, 0) is 29.3 Å². The molecule has 2 aromatic rings. The summed E-state index contributed by atoms with van der Waals surface area (Å²) in [5.41, 5.74) is 2.11. The first kappa shape index (κ1) is 15.4. The van der Waals surface area contributed by atoms with Gasteiger partial charge in [0.15, 0.2) is 0 Å². The lowest BCUT2D eigenvalue weighted by molar-refractivity contribution is 0.0948. The lowest BCUT2D eigenvalue weighted by atomic mass is 10.1. The van der Waals surface area contributed by atoms with Crippen molar-refractivity contribution in [1.82, 2.24) is 5.32 Å². The van der Waals surface area contributed by atoms with Crippen LogP contribution in [-0.2, 0) is 13.2 Å². The third kappa shape index (κ3) is 3.97. The maximum atomic E-state index is 12.2. The van der Waals surface area contributed by atoms with Gasteiger partial charge < -0.3 is 15.2 Å². The molecule has 0 heterocycles. The van der Waals surface area contributed by atoms with Gasteiger partial charge in [-0.2, -0.15) is 0 Å². The molecule has 0 aromatic heterocycles. The largest absolute Gasteiger partial charge is 0.496 e. The molecule has 0 bridgehead atoms. The molecule has 0 radical (unpaired) electrons. The molecule has 2 aromatic carbocycles. The monoisotopic (exact) mass is 305 g/mol. The topological polar surface area (TPSA) is 58.6 Å². The molecule has 0 aliphatic rings. The van der Waals surface area contributed by atoms with E-state index in [4.69, 9.17) is 21.4 Å². The van der Waals surface area contributed by atoms with E-state index in [0.29, 0.717) is 22.9 Å². The average molecular weight is 306 g/mol. The van der Waals surface area contributed by atoms with Crippen LogP contribution in [0.2, 0.25) is 5.02 Å². The van der Waals surface area contributed by atoms with Crippen molar-refractivity contribution in [2.45, 2.75) is 13.2 Å². The zero-order chi connectivity index (χ0) is 15.2. The van der Waals surface area contributed by atoms with Gasteiger partial charge in [0.05, 0.1) is 19.3 Å². The van der Waals surface area contributed by atoms with Crippen molar-refractivity contribution < 1.29 is 14.6 Å². The van der Waals surface area contributed by atoms with Crippen molar-refractivity contribution in [3.8, 4) is 5.75 Å². The van der Waals surface area contributed by atoms with E-state index >= 15 is 0 Å². The molecule has 21 heavy (non-hydrogen) atoms. The Balaban J connectivity index is 2.09. The third-order valence-electron chi connectivity index (χ3n) is 3.03. The minimum Gasteiger partial charge on any atom is -0.496 e. The summed E-state index contributed by atoms with van der Waals surface area (Å²) >= 11 is 5.91. The van der Waals surface area contributed by atoms with Crippen LogP contribution >= 0.6 is 11.6 Å². The Labute approximate surface area is 128 Å². The number of rotatable bonds is 5. The van der Waals surface area contributed by atoms with E-state index in [1.165, 1.54) is 7.11 Å². The van der Waals surface area contributed by atoms with Gasteiger partial charge in [0.2, 0.25) is 0 Å². The van der Waals surface area contributed by atoms with E-state index < -0.39 is 0 Å². The fourth-order valence-corrected chi connectivity index (χ4v) is 2.15. The van der Waals surface area contributed by atoms with Gasteiger partial charge in [0, 0.05) is 11.6 Å². The highest BCUT2D eigenvalue weighted by atomic mass is 35.5. The Morgan fingerprint density at radius 1 is 1.24 bits per heavy atom. The molecular weight excluding hydrogens is 290 g/mol. The first-order chi connectivity index (χ1) is 10.1. The molecule has 0 saturated heterocycles. The maximum absolute atomic E-state index is 12.2. The predicted octanol–water partition coefficient (Wildman–Crippen LogP) is 2.77. The molecule has 0 aliphatic heterocycles. The fraction of sp³-hybridized carbons (Fsp3) is 0.188. The second-order valence-electron chi connectivity index (χ2n) is 4.51. The van der Waals surface area contributed by atoms with Crippen LogP contribution in [0.1, 0.15) is 21.5 Å². The standard InChI is InChI=1S/C16H16ClNO3/c1-21-15-6-5-13(17)8-14(15)16(20)18-9-11-3-2-4-12(7-11)10-19/h2-8,19H,9-10H2,1H3,(H,18,20). The molecule has 0 atom stereocenters. The molecule has 1 amide bonds. The minimum atomic E-state index is -0.260. The summed E-state index contributed by atoms with van der Waals surface area (Å²) in [6.45, 7) is 0.340. The van der Waals surface area contributed by atoms with Crippen LogP contribution in [0.15, 0.2) is 42.5 Å². The van der Waals surface area contributed by atoms with Crippen molar-refractivity contribution in [1.29, 1.82) is 0 Å². The van der Waals surface area contributed by atoms with Crippen LogP contribution in [0.25, 0.3) is 0 Å². The maximum Gasteiger partial charge on any atom is 0.255 e. The number of carbonyl (C=O) groups is 1. The van der Waals surface area contributed by atoms with Crippen molar-refractivity contribution >= 4 is 17.5 Å². The molecule has 0 fully saturated rings. The van der Waals surface area contributed by atoms with E-state index in [0.717, 1.165) is 11.1 Å². The summed E-state index contributed by atoms with van der Waals surface area (Å²) in [6.07, 6.45) is 0. The summed E-state index contributed by atoms with van der Waals surface area (Å²) in [6, 6.07) is 12.3. The van der Waals surface area contributed by atoms with Gasteiger partial charge in [-0.3, -0.25) is 4.79 Å². The molecule has 0 spiro atoms. The van der Waals surface area contributed by atoms with Gasteiger partial charge >= 0.3 is 0 Å². The number of aliphatic hydroxyl groups is 1. The van der Waals surface area contributed by atoms with Crippen molar-refractivity contribution in [3.63, 3.8) is 0 Å². The van der Waals surface area contributed by atoms with Crippen LogP contribution in [0.3, 0.4) is 0 Å². The van der Waals surface area contributed by atoms with Gasteiger partial charge in [-0.15, -0.1) is 0 Å². The number of ether oxygens (including phenoxy) is 1. The van der Waals surface area contributed by atoms with Gasteiger partial charge in [-0.25, -0.2) is 0 Å². The number of hydrogen-bond donors (Lipinski definition) is 2. The molecule has 0 saturated carbocycles. The Morgan fingerprint density at radius 3 is 2.71 bits per heavy atom. The van der Waals surface area contributed by atoms with Crippen molar-refractivity contribution in [3.05, 3.63) is 64.2 Å². The van der Waals surface area contributed by atoms with Crippen LogP contribution in [0.5, 0.6) is 5.75 Å². The molecule has 4 nitrogen and oxygen atoms in total. The second kappa shape index (κ2) is 7.11. The molecule has 5 heteroatoms. The second-order valence-corrected chi connectivity index (χ2v) is 4.94. The quantitative estimate of drug-likeness (QED) is 0.893. The fourth-order valence-electron chi connectivity index (χ4n) is 1.97. The van der Waals surface area contributed by atoms with E-state index in [9.17, 15) is 4.79 Å². The Morgan fingerprint density at radius 2 is 2.00 bits per heavy atom. The number of halogens is 1. The number of benzene rings is 2. The van der Waals surface area contributed by atoms with Gasteiger partial charge in [-0.1, -0.05) is 35.9 Å². The summed E-state index contributed by atoms with van der Waals surface area (Å²) in [7, 11) is 1.50. The highest BCUT2D eigenvalue weighted by molar-refractivity contribution is 6.31. The highest BCUT2D eigenvalue weighted by Crippen LogP contribution is 2.22. The van der Waals surface area contributed by atoms with Crippen LogP contribution in [0, 0.1) is 0 Å².